The van der Waals surface area contributed by atoms with E-state index in [1.807, 2.05) is 25.1 Å². The Morgan fingerprint density at radius 3 is 2.74 bits per heavy atom. The zero-order valence-corrected chi connectivity index (χ0v) is 18.5. The van der Waals surface area contributed by atoms with E-state index in [4.69, 9.17) is 15.2 Å². The maximum atomic E-state index is 12.9. The van der Waals surface area contributed by atoms with E-state index in [9.17, 15) is 4.79 Å². The molecule has 174 valence electrons. The molecule has 4 rings (SSSR count). The number of benzene rings is 2. The van der Waals surface area contributed by atoms with E-state index in [1.165, 1.54) is 10.9 Å². The monoisotopic (exact) mass is 462 g/mol. The average molecular weight is 462 g/mol. The highest BCUT2D eigenvalue weighted by Gasteiger charge is 2.25. The fraction of sp³-hybridized carbons (Fsp3) is 0.182. The molecule has 0 radical (unpaired) electrons. The third-order valence-corrected chi connectivity index (χ3v) is 4.66. The minimum absolute atomic E-state index is 0.00273. The first-order valence-electron chi connectivity index (χ1n) is 10.4. The van der Waals surface area contributed by atoms with Crippen LogP contribution in [0.3, 0.4) is 0 Å². The van der Waals surface area contributed by atoms with Crippen molar-refractivity contribution in [2.75, 3.05) is 19.5 Å². The average Bonchev–Trinajstić information content (AvgIpc) is 3.49. The van der Waals surface area contributed by atoms with Crippen molar-refractivity contribution in [3.8, 4) is 28.6 Å². The van der Waals surface area contributed by atoms with Gasteiger partial charge in [0.1, 0.15) is 17.2 Å². The summed E-state index contributed by atoms with van der Waals surface area (Å²) in [5.74, 6) is 0.887. The van der Waals surface area contributed by atoms with Crippen LogP contribution in [0.5, 0.6) is 11.5 Å². The molecule has 0 aliphatic heterocycles. The fourth-order valence-corrected chi connectivity index (χ4v) is 3.05. The number of rotatable bonds is 9. The molecule has 0 fully saturated rings. The normalized spacial score (nSPS) is 11.0. The topological polar surface area (TPSA) is 156 Å². The van der Waals surface area contributed by atoms with Crippen molar-refractivity contribution in [3.63, 3.8) is 0 Å². The quantitative estimate of drug-likeness (QED) is 0.282. The number of aromatic nitrogens is 5. The van der Waals surface area contributed by atoms with Crippen molar-refractivity contribution in [1.29, 1.82) is 0 Å². The van der Waals surface area contributed by atoms with Gasteiger partial charge >= 0.3 is 0 Å². The van der Waals surface area contributed by atoms with Crippen LogP contribution in [0, 0.1) is 0 Å². The van der Waals surface area contributed by atoms with Gasteiger partial charge in [-0.05, 0) is 58.7 Å². The highest BCUT2D eigenvalue weighted by molar-refractivity contribution is 5.98. The molecule has 0 bridgehead atoms. The van der Waals surface area contributed by atoms with Crippen LogP contribution in [0.1, 0.15) is 29.4 Å². The first-order valence-corrected chi connectivity index (χ1v) is 10.4. The minimum Gasteiger partial charge on any atom is -0.497 e. The molecule has 0 unspecified atom stereocenters. The van der Waals surface area contributed by atoms with E-state index >= 15 is 0 Å². The highest BCUT2D eigenvalue weighted by Crippen LogP contribution is 2.28. The minimum atomic E-state index is -0.582. The molecule has 4 aromatic rings. The summed E-state index contributed by atoms with van der Waals surface area (Å²) in [5, 5.41) is 19.4. The molecule has 0 spiro atoms. The molecule has 2 aromatic carbocycles. The van der Waals surface area contributed by atoms with Gasteiger partial charge in [0.2, 0.25) is 11.6 Å². The first kappa shape index (κ1) is 22.5. The van der Waals surface area contributed by atoms with Crippen LogP contribution in [-0.2, 0) is 0 Å². The van der Waals surface area contributed by atoms with Crippen molar-refractivity contribution in [1.82, 2.24) is 30.7 Å². The van der Waals surface area contributed by atoms with E-state index in [0.29, 0.717) is 29.4 Å². The molecular weight excluding hydrogens is 440 g/mol. The third-order valence-electron chi connectivity index (χ3n) is 4.66. The second-order valence-corrected chi connectivity index (χ2v) is 7.02. The van der Waals surface area contributed by atoms with Crippen molar-refractivity contribution in [2.45, 2.75) is 13.3 Å². The largest absolute Gasteiger partial charge is 0.497 e. The molecule has 3 N–H and O–H groups in total. The summed E-state index contributed by atoms with van der Waals surface area (Å²) in [7, 11) is 1.57. The van der Waals surface area contributed by atoms with E-state index in [-0.39, 0.29) is 17.3 Å². The van der Waals surface area contributed by atoms with Crippen molar-refractivity contribution >= 4 is 17.9 Å². The third kappa shape index (κ3) is 4.85. The van der Waals surface area contributed by atoms with Gasteiger partial charge in [0.05, 0.1) is 19.9 Å². The maximum Gasteiger partial charge on any atom is 0.294 e. The van der Waals surface area contributed by atoms with Gasteiger partial charge in [0.25, 0.3) is 5.91 Å². The second-order valence-electron chi connectivity index (χ2n) is 7.02. The number of hydrogen-bond acceptors (Lipinski definition) is 10. The molecule has 12 heteroatoms. The molecule has 2 heterocycles. The Morgan fingerprint density at radius 1 is 1.21 bits per heavy atom. The molecule has 0 atom stereocenters. The van der Waals surface area contributed by atoms with E-state index in [0.717, 1.165) is 12.0 Å². The number of amides is 1. The van der Waals surface area contributed by atoms with Crippen molar-refractivity contribution in [2.24, 2.45) is 5.10 Å². The van der Waals surface area contributed by atoms with Gasteiger partial charge in [-0.15, -0.1) is 5.10 Å². The van der Waals surface area contributed by atoms with Crippen molar-refractivity contribution in [3.05, 3.63) is 59.8 Å². The lowest BCUT2D eigenvalue weighted by Crippen LogP contribution is -2.19. The number of anilines is 1. The predicted octanol–water partition coefficient (Wildman–Crippen LogP) is 2.46. The number of nitrogens with two attached hydrogens (primary N) is 1. The number of nitrogens with one attached hydrogen (secondary N) is 1. The lowest BCUT2D eigenvalue weighted by Gasteiger charge is -2.08. The van der Waals surface area contributed by atoms with Crippen LogP contribution in [0.4, 0.5) is 5.82 Å². The number of hydrogen-bond donors (Lipinski definition) is 2. The van der Waals surface area contributed by atoms with Gasteiger partial charge < -0.3 is 15.2 Å². The van der Waals surface area contributed by atoms with Crippen LogP contribution in [-0.4, -0.2) is 51.1 Å². The van der Waals surface area contributed by atoms with E-state index in [1.54, 1.807) is 37.4 Å². The summed E-state index contributed by atoms with van der Waals surface area (Å²) in [4.78, 5) is 12.9. The summed E-state index contributed by atoms with van der Waals surface area (Å²) < 4.78 is 16.8. The summed E-state index contributed by atoms with van der Waals surface area (Å²) in [6.45, 7) is 2.62. The summed E-state index contributed by atoms with van der Waals surface area (Å²) in [5.41, 5.74) is 10.0. The number of hydrazone groups is 1. The Hall–Kier alpha value is -4.74. The van der Waals surface area contributed by atoms with Gasteiger partial charge in [0, 0.05) is 5.56 Å². The number of methoxy groups -OCH3 is 1. The number of nitrogen functional groups attached to an aromatic ring is 1. The molecule has 12 nitrogen and oxygen atoms in total. The fourth-order valence-electron chi connectivity index (χ4n) is 3.05. The summed E-state index contributed by atoms with van der Waals surface area (Å²) >= 11 is 0. The Bertz CT molecular complexity index is 1300. The van der Waals surface area contributed by atoms with Crippen LogP contribution in [0.25, 0.3) is 17.1 Å². The number of nitrogens with zero attached hydrogens (tertiary/aromatic N) is 6. The number of carbonyl (C=O) groups excluding carboxylic acids is 1. The molecule has 34 heavy (non-hydrogen) atoms. The van der Waals surface area contributed by atoms with Gasteiger partial charge in [-0.2, -0.15) is 9.78 Å². The van der Waals surface area contributed by atoms with Crippen LogP contribution < -0.4 is 20.6 Å². The molecular formula is C22H22N8O4. The standard InChI is InChI=1S/C22H22N8O4/c1-3-11-33-16-9-7-15(8-10-16)19-18(25-29-30(19)21-20(23)27-34-28-21)22(31)26-24-13-14-5-4-6-17(12-14)32-2/h4-10,12-13H,3,11H2,1-2H3,(H2,23,27)(H,26,31). The summed E-state index contributed by atoms with van der Waals surface area (Å²) in [6.07, 6.45) is 2.38. The SMILES string of the molecule is CCCOc1ccc(-c2c(C(=O)NN=Cc3cccc(OC)c3)nnn2-c2nonc2N)cc1. The highest BCUT2D eigenvalue weighted by atomic mass is 16.6. The van der Waals surface area contributed by atoms with Gasteiger partial charge in [-0.1, -0.05) is 24.3 Å². The number of ether oxygens (including phenoxy) is 2. The Balaban J connectivity index is 1.64. The lowest BCUT2D eigenvalue weighted by molar-refractivity contribution is 0.0950. The first-order chi connectivity index (χ1) is 16.6. The molecule has 2 aromatic heterocycles. The zero-order chi connectivity index (χ0) is 23.9. The Labute approximate surface area is 194 Å². The van der Waals surface area contributed by atoms with E-state index in [2.05, 4.69) is 35.8 Å². The molecule has 0 saturated heterocycles. The number of carbonyl (C=O) groups is 1. The van der Waals surface area contributed by atoms with Gasteiger partial charge in [-0.25, -0.2) is 10.1 Å². The van der Waals surface area contributed by atoms with Crippen LogP contribution in [0.15, 0.2) is 58.3 Å². The second kappa shape index (κ2) is 10.3. The molecule has 1 amide bonds. The Morgan fingerprint density at radius 2 is 2.03 bits per heavy atom. The smallest absolute Gasteiger partial charge is 0.294 e. The molecule has 0 aliphatic carbocycles. The van der Waals surface area contributed by atoms with Gasteiger partial charge in [-0.3, -0.25) is 4.79 Å². The lowest BCUT2D eigenvalue weighted by atomic mass is 10.1. The Kier molecular flexibility index (Phi) is 6.77. The predicted molar refractivity (Wildman–Crippen MR) is 123 cm³/mol. The van der Waals surface area contributed by atoms with Crippen molar-refractivity contribution < 1.29 is 18.9 Å². The molecule has 0 aliphatic rings. The van der Waals surface area contributed by atoms with E-state index < -0.39 is 5.91 Å². The molecule has 0 saturated carbocycles. The van der Waals surface area contributed by atoms with Gasteiger partial charge in [0.15, 0.2) is 5.69 Å². The van der Waals surface area contributed by atoms with Crippen LogP contribution >= 0.6 is 0 Å². The summed E-state index contributed by atoms with van der Waals surface area (Å²) in [6, 6.07) is 14.4. The van der Waals surface area contributed by atoms with Crippen LogP contribution in [0.2, 0.25) is 0 Å². The maximum absolute atomic E-state index is 12.9. The zero-order valence-electron chi connectivity index (χ0n) is 18.5.